The molecule has 0 saturated carbocycles. The normalized spacial score (nSPS) is 10.7. The Labute approximate surface area is 89.6 Å². The summed E-state index contributed by atoms with van der Waals surface area (Å²) in [7, 11) is 0. The average molecular weight is 239 g/mol. The molecule has 1 nitrogen and oxygen atoms in total. The Balaban J connectivity index is 3.32. The zero-order valence-corrected chi connectivity index (χ0v) is 8.66. The molecule has 1 aromatic rings. The van der Waals surface area contributed by atoms with Gasteiger partial charge in [-0.15, -0.1) is 0 Å². The lowest BCUT2D eigenvalue weighted by atomic mass is 10.1. The molecule has 14 heavy (non-hydrogen) atoms. The molecule has 5 heteroatoms. The molecule has 1 aromatic carbocycles. The average Bonchev–Trinajstić information content (AvgIpc) is 2.01. The fourth-order valence-corrected chi connectivity index (χ4v) is 1.65. The highest BCUT2D eigenvalue weighted by molar-refractivity contribution is 6.36. The fraction of sp³-hybridized carbons (Fsp3) is 0.222. The molecule has 0 aliphatic rings. The summed E-state index contributed by atoms with van der Waals surface area (Å²) in [6.45, 7) is 1.31. The van der Waals surface area contributed by atoms with E-state index in [1.807, 2.05) is 0 Å². The van der Waals surface area contributed by atoms with Gasteiger partial charge in [-0.3, -0.25) is 4.79 Å². The number of alkyl halides is 2. The molecule has 0 bridgehead atoms. The van der Waals surface area contributed by atoms with E-state index in [1.54, 1.807) is 0 Å². The van der Waals surface area contributed by atoms with E-state index in [1.165, 1.54) is 19.1 Å². The minimum atomic E-state index is -2.74. The molecule has 0 fully saturated rings. The van der Waals surface area contributed by atoms with Crippen molar-refractivity contribution < 1.29 is 13.6 Å². The highest BCUT2D eigenvalue weighted by Crippen LogP contribution is 2.34. The third-order valence-electron chi connectivity index (χ3n) is 1.70. The maximum absolute atomic E-state index is 12.4. The first-order chi connectivity index (χ1) is 6.43. The maximum Gasteiger partial charge on any atom is 0.266 e. The Morgan fingerprint density at radius 1 is 1.29 bits per heavy atom. The van der Waals surface area contributed by atoms with Crippen molar-refractivity contribution >= 4 is 29.0 Å². The van der Waals surface area contributed by atoms with Crippen LogP contribution in [-0.2, 0) is 0 Å². The predicted octanol–water partition coefficient (Wildman–Crippen LogP) is 4.13. The third kappa shape index (κ3) is 2.22. The van der Waals surface area contributed by atoms with Crippen LogP contribution in [-0.4, -0.2) is 5.78 Å². The van der Waals surface area contributed by atoms with Gasteiger partial charge >= 0.3 is 0 Å². The van der Waals surface area contributed by atoms with E-state index in [0.717, 1.165) is 0 Å². The van der Waals surface area contributed by atoms with Gasteiger partial charge in [0.25, 0.3) is 6.43 Å². The van der Waals surface area contributed by atoms with Crippen LogP contribution < -0.4 is 0 Å². The topological polar surface area (TPSA) is 17.1 Å². The minimum absolute atomic E-state index is 0.183. The first-order valence-corrected chi connectivity index (χ1v) is 4.47. The predicted molar refractivity (Wildman–Crippen MR) is 51.4 cm³/mol. The van der Waals surface area contributed by atoms with Crippen molar-refractivity contribution in [3.05, 3.63) is 33.3 Å². The van der Waals surface area contributed by atoms with E-state index in [9.17, 15) is 13.6 Å². The van der Waals surface area contributed by atoms with Crippen LogP contribution in [0.5, 0.6) is 0 Å². The molecule has 0 amide bonds. The van der Waals surface area contributed by atoms with E-state index >= 15 is 0 Å². The SMILES string of the molecule is CC(=O)c1cc(Cl)c(C(F)F)c(Cl)c1. The van der Waals surface area contributed by atoms with Gasteiger partial charge in [-0.05, 0) is 19.1 Å². The van der Waals surface area contributed by atoms with E-state index in [4.69, 9.17) is 23.2 Å². The number of benzene rings is 1. The number of ketones is 1. The van der Waals surface area contributed by atoms with Gasteiger partial charge in [0, 0.05) is 5.56 Å². The Morgan fingerprint density at radius 2 is 1.71 bits per heavy atom. The molecule has 76 valence electrons. The second kappa shape index (κ2) is 4.24. The smallest absolute Gasteiger partial charge is 0.266 e. The molecule has 0 atom stereocenters. The highest BCUT2D eigenvalue weighted by atomic mass is 35.5. The Hall–Kier alpha value is -0.670. The number of carbonyl (C=O) groups excluding carboxylic acids is 1. The standard InChI is InChI=1S/C9H6Cl2F2O/c1-4(14)5-2-6(10)8(9(12)13)7(11)3-5/h2-3,9H,1H3. The second-order valence-corrected chi connectivity index (χ2v) is 3.52. The number of hydrogen-bond acceptors (Lipinski definition) is 1. The summed E-state index contributed by atoms with van der Waals surface area (Å²) in [6.07, 6.45) is -2.74. The quantitative estimate of drug-likeness (QED) is 0.709. The zero-order chi connectivity index (χ0) is 10.9. The summed E-state index contributed by atoms with van der Waals surface area (Å²) in [5.41, 5.74) is -0.206. The molecule has 1 rings (SSSR count). The summed E-state index contributed by atoms with van der Waals surface area (Å²) in [6, 6.07) is 2.38. The van der Waals surface area contributed by atoms with Crippen LogP contribution in [0.15, 0.2) is 12.1 Å². The van der Waals surface area contributed by atoms with Gasteiger partial charge in [0.15, 0.2) is 5.78 Å². The van der Waals surface area contributed by atoms with Crippen molar-refractivity contribution in [2.24, 2.45) is 0 Å². The number of Topliss-reactive ketones (excluding diaryl/α,β-unsaturated/α-hetero) is 1. The molecule has 0 saturated heterocycles. The molecule has 0 heterocycles. The molecule has 0 unspecified atom stereocenters. The lowest BCUT2D eigenvalue weighted by Gasteiger charge is -2.07. The Morgan fingerprint density at radius 3 is 2.00 bits per heavy atom. The van der Waals surface area contributed by atoms with Crippen molar-refractivity contribution in [1.82, 2.24) is 0 Å². The summed E-state index contributed by atoms with van der Waals surface area (Å²) in [5.74, 6) is -0.269. The zero-order valence-electron chi connectivity index (χ0n) is 7.15. The van der Waals surface area contributed by atoms with E-state index in [0.29, 0.717) is 0 Å². The van der Waals surface area contributed by atoms with Crippen LogP contribution in [0.2, 0.25) is 10.0 Å². The lowest BCUT2D eigenvalue weighted by molar-refractivity contribution is 0.101. The van der Waals surface area contributed by atoms with Crippen LogP contribution in [0.1, 0.15) is 29.3 Å². The van der Waals surface area contributed by atoms with Gasteiger partial charge in [-0.2, -0.15) is 0 Å². The molecule has 0 aliphatic carbocycles. The van der Waals surface area contributed by atoms with Crippen LogP contribution in [0, 0.1) is 0 Å². The molecule has 0 radical (unpaired) electrons. The van der Waals surface area contributed by atoms with Crippen LogP contribution in [0.4, 0.5) is 8.78 Å². The first-order valence-electron chi connectivity index (χ1n) is 3.71. The van der Waals surface area contributed by atoms with Crippen LogP contribution in [0.25, 0.3) is 0 Å². The van der Waals surface area contributed by atoms with Crippen molar-refractivity contribution in [3.63, 3.8) is 0 Å². The van der Waals surface area contributed by atoms with Crippen molar-refractivity contribution in [3.8, 4) is 0 Å². The molecular formula is C9H6Cl2F2O. The van der Waals surface area contributed by atoms with Crippen molar-refractivity contribution in [2.45, 2.75) is 13.3 Å². The third-order valence-corrected chi connectivity index (χ3v) is 2.33. The van der Waals surface area contributed by atoms with E-state index < -0.39 is 12.0 Å². The second-order valence-electron chi connectivity index (χ2n) is 2.71. The van der Waals surface area contributed by atoms with Gasteiger partial charge in [0.2, 0.25) is 0 Å². The van der Waals surface area contributed by atoms with Gasteiger partial charge < -0.3 is 0 Å². The Bertz CT molecular complexity index is 354. The number of carbonyl (C=O) groups is 1. The van der Waals surface area contributed by atoms with Gasteiger partial charge in [-0.1, -0.05) is 23.2 Å². The maximum atomic E-state index is 12.4. The van der Waals surface area contributed by atoms with Gasteiger partial charge in [-0.25, -0.2) is 8.78 Å². The molecule has 0 aliphatic heterocycles. The molecule has 0 spiro atoms. The highest BCUT2D eigenvalue weighted by Gasteiger charge is 2.18. The first kappa shape index (κ1) is 11.4. The number of hydrogen-bond donors (Lipinski definition) is 0. The molecular weight excluding hydrogens is 233 g/mol. The van der Waals surface area contributed by atoms with Gasteiger partial charge in [0.05, 0.1) is 15.6 Å². The van der Waals surface area contributed by atoms with E-state index in [-0.39, 0.29) is 21.4 Å². The molecule has 0 N–H and O–H groups in total. The van der Waals surface area contributed by atoms with Crippen LogP contribution >= 0.6 is 23.2 Å². The van der Waals surface area contributed by atoms with Gasteiger partial charge in [0.1, 0.15) is 0 Å². The monoisotopic (exact) mass is 238 g/mol. The van der Waals surface area contributed by atoms with E-state index in [2.05, 4.69) is 0 Å². The number of halogens is 4. The summed E-state index contributed by atoms with van der Waals surface area (Å²) in [4.78, 5) is 10.9. The Kier molecular flexibility index (Phi) is 3.45. The van der Waals surface area contributed by atoms with Crippen molar-refractivity contribution in [1.29, 1.82) is 0 Å². The summed E-state index contributed by atoms with van der Waals surface area (Å²) >= 11 is 11.1. The number of rotatable bonds is 2. The largest absolute Gasteiger partial charge is 0.295 e. The molecule has 0 aromatic heterocycles. The van der Waals surface area contributed by atoms with Crippen molar-refractivity contribution in [2.75, 3.05) is 0 Å². The van der Waals surface area contributed by atoms with Crippen LogP contribution in [0.3, 0.4) is 0 Å². The fourth-order valence-electron chi connectivity index (χ4n) is 0.996. The lowest BCUT2D eigenvalue weighted by Crippen LogP contribution is -1.96. The summed E-state index contributed by atoms with van der Waals surface area (Å²) < 4.78 is 24.7. The summed E-state index contributed by atoms with van der Waals surface area (Å²) in [5, 5.41) is -0.365. The minimum Gasteiger partial charge on any atom is -0.295 e.